The summed E-state index contributed by atoms with van der Waals surface area (Å²) in [6.45, 7) is 4.91. The predicted molar refractivity (Wildman–Crippen MR) is 72.0 cm³/mol. The fourth-order valence-electron chi connectivity index (χ4n) is 2.51. The quantitative estimate of drug-likeness (QED) is 0.898. The van der Waals surface area contributed by atoms with Crippen molar-refractivity contribution in [2.24, 2.45) is 0 Å². The van der Waals surface area contributed by atoms with Crippen LogP contribution in [0.3, 0.4) is 0 Å². The number of aromatic amines is 1. The van der Waals surface area contributed by atoms with Crippen molar-refractivity contribution in [2.45, 2.75) is 38.4 Å². The second-order valence-corrected chi connectivity index (χ2v) is 5.58. The van der Waals surface area contributed by atoms with Crippen molar-refractivity contribution >= 4 is 10.9 Å². The van der Waals surface area contributed by atoms with E-state index < -0.39 is 0 Å². The first-order chi connectivity index (χ1) is 8.62. The summed E-state index contributed by atoms with van der Waals surface area (Å²) in [6, 6.07) is 8.16. The average Bonchev–Trinajstić information content (AvgIpc) is 2.92. The highest BCUT2D eigenvalue weighted by Crippen LogP contribution is 2.30. The maximum absolute atomic E-state index is 5.91. The highest BCUT2D eigenvalue weighted by atomic mass is 16.6. The van der Waals surface area contributed by atoms with Crippen LogP contribution in [-0.2, 0) is 4.74 Å². The van der Waals surface area contributed by atoms with Crippen LogP contribution in [0.2, 0.25) is 0 Å². The summed E-state index contributed by atoms with van der Waals surface area (Å²) in [5, 5.41) is 1.18. The first-order valence-electron chi connectivity index (χ1n) is 6.50. The number of hydrogen-bond acceptors (Lipinski definition) is 2. The van der Waals surface area contributed by atoms with Crippen molar-refractivity contribution in [3.05, 3.63) is 30.5 Å². The molecular weight excluding hydrogens is 226 g/mol. The Hall–Kier alpha value is -1.48. The van der Waals surface area contributed by atoms with Crippen LogP contribution in [0.5, 0.6) is 5.75 Å². The molecule has 1 atom stereocenters. The predicted octanol–water partition coefficient (Wildman–Crippen LogP) is 3.50. The molecule has 1 saturated heterocycles. The second-order valence-electron chi connectivity index (χ2n) is 5.58. The molecule has 2 aromatic rings. The van der Waals surface area contributed by atoms with Crippen LogP contribution in [0.1, 0.15) is 26.7 Å². The number of nitrogens with one attached hydrogen (secondary N) is 1. The van der Waals surface area contributed by atoms with Gasteiger partial charge in [0, 0.05) is 17.1 Å². The van der Waals surface area contributed by atoms with E-state index in [2.05, 4.69) is 31.0 Å². The van der Waals surface area contributed by atoms with E-state index in [0.717, 1.165) is 24.1 Å². The van der Waals surface area contributed by atoms with Gasteiger partial charge in [-0.1, -0.05) is 0 Å². The molecule has 0 spiro atoms. The number of ether oxygens (including phenoxy) is 2. The minimum absolute atomic E-state index is 0.0125. The van der Waals surface area contributed by atoms with E-state index in [1.165, 1.54) is 5.39 Å². The fraction of sp³-hybridized carbons (Fsp3) is 0.467. The number of fused-ring (bicyclic) bond motifs is 1. The van der Waals surface area contributed by atoms with Gasteiger partial charge in [-0.3, -0.25) is 0 Å². The Balaban J connectivity index is 1.63. The molecule has 0 amide bonds. The molecule has 1 fully saturated rings. The van der Waals surface area contributed by atoms with Gasteiger partial charge in [-0.2, -0.15) is 0 Å². The molecule has 1 aliphatic rings. The molecule has 1 unspecified atom stereocenters. The summed E-state index contributed by atoms with van der Waals surface area (Å²) in [5.74, 6) is 0.912. The van der Waals surface area contributed by atoms with Crippen LogP contribution in [-0.4, -0.2) is 23.3 Å². The van der Waals surface area contributed by atoms with Crippen molar-refractivity contribution in [1.82, 2.24) is 4.98 Å². The highest BCUT2D eigenvalue weighted by molar-refractivity contribution is 5.80. The molecule has 18 heavy (non-hydrogen) atoms. The van der Waals surface area contributed by atoms with E-state index in [0.29, 0.717) is 6.61 Å². The Morgan fingerprint density at radius 3 is 3.06 bits per heavy atom. The average molecular weight is 245 g/mol. The largest absolute Gasteiger partial charge is 0.491 e. The Kier molecular flexibility index (Phi) is 2.78. The van der Waals surface area contributed by atoms with E-state index in [4.69, 9.17) is 9.47 Å². The normalized spacial score (nSPS) is 22.4. The summed E-state index contributed by atoms with van der Waals surface area (Å²) >= 11 is 0. The third-order valence-electron chi connectivity index (χ3n) is 3.51. The highest BCUT2D eigenvalue weighted by Gasteiger charge is 2.31. The number of H-pyrrole nitrogens is 1. The Morgan fingerprint density at radius 1 is 1.39 bits per heavy atom. The van der Waals surface area contributed by atoms with Gasteiger partial charge >= 0.3 is 0 Å². The second kappa shape index (κ2) is 4.32. The van der Waals surface area contributed by atoms with Crippen molar-refractivity contribution < 1.29 is 9.47 Å². The summed E-state index contributed by atoms with van der Waals surface area (Å²) in [7, 11) is 0. The minimum atomic E-state index is 0.0125. The molecule has 1 aromatic heterocycles. The molecule has 0 radical (unpaired) electrons. The van der Waals surface area contributed by atoms with Gasteiger partial charge in [0.25, 0.3) is 0 Å². The first-order valence-corrected chi connectivity index (χ1v) is 6.50. The summed E-state index contributed by atoms with van der Waals surface area (Å²) in [4.78, 5) is 3.17. The van der Waals surface area contributed by atoms with Crippen LogP contribution in [0.15, 0.2) is 30.5 Å². The van der Waals surface area contributed by atoms with Gasteiger partial charge in [0.1, 0.15) is 12.4 Å². The molecule has 1 aromatic carbocycles. The van der Waals surface area contributed by atoms with Crippen LogP contribution < -0.4 is 4.74 Å². The number of rotatable bonds is 3. The standard InChI is InChI=1S/C15H19NO2/c1-15(2)7-5-13(18-15)10-17-12-3-4-14-11(9-12)6-8-16-14/h3-4,6,8-9,13,16H,5,7,10H2,1-2H3. The number of aromatic nitrogens is 1. The lowest BCUT2D eigenvalue weighted by Gasteiger charge is -2.19. The van der Waals surface area contributed by atoms with Gasteiger partial charge in [-0.25, -0.2) is 0 Å². The van der Waals surface area contributed by atoms with E-state index in [-0.39, 0.29) is 11.7 Å². The lowest BCUT2D eigenvalue weighted by Crippen LogP contribution is -2.23. The van der Waals surface area contributed by atoms with Gasteiger partial charge in [0.2, 0.25) is 0 Å². The van der Waals surface area contributed by atoms with E-state index >= 15 is 0 Å². The SMILES string of the molecule is CC1(C)CCC(COc2ccc3[nH]ccc3c2)O1. The summed E-state index contributed by atoms with van der Waals surface area (Å²) in [5.41, 5.74) is 1.15. The molecule has 0 aliphatic carbocycles. The monoisotopic (exact) mass is 245 g/mol. The van der Waals surface area contributed by atoms with Gasteiger partial charge in [-0.15, -0.1) is 0 Å². The van der Waals surface area contributed by atoms with Gasteiger partial charge in [0.05, 0.1) is 11.7 Å². The zero-order chi connectivity index (χ0) is 12.6. The molecule has 0 saturated carbocycles. The molecule has 96 valence electrons. The Bertz CT molecular complexity index is 544. The zero-order valence-corrected chi connectivity index (χ0v) is 10.9. The van der Waals surface area contributed by atoms with Crippen LogP contribution >= 0.6 is 0 Å². The number of benzene rings is 1. The molecule has 2 heterocycles. The van der Waals surface area contributed by atoms with Gasteiger partial charge in [0.15, 0.2) is 0 Å². The Labute approximate surface area is 107 Å². The molecule has 0 bridgehead atoms. The lowest BCUT2D eigenvalue weighted by molar-refractivity contribution is -0.0326. The molecule has 1 N–H and O–H groups in total. The lowest BCUT2D eigenvalue weighted by atomic mass is 10.1. The van der Waals surface area contributed by atoms with E-state index in [9.17, 15) is 0 Å². The summed E-state index contributed by atoms with van der Waals surface area (Å²) in [6.07, 6.45) is 4.36. The third kappa shape index (κ3) is 2.36. The van der Waals surface area contributed by atoms with Crippen molar-refractivity contribution in [2.75, 3.05) is 6.61 Å². The van der Waals surface area contributed by atoms with E-state index in [1.54, 1.807) is 0 Å². The van der Waals surface area contributed by atoms with E-state index in [1.807, 2.05) is 18.3 Å². The summed E-state index contributed by atoms with van der Waals surface area (Å²) < 4.78 is 11.7. The zero-order valence-electron chi connectivity index (χ0n) is 10.9. The molecule has 3 rings (SSSR count). The molecule has 1 aliphatic heterocycles. The van der Waals surface area contributed by atoms with Crippen LogP contribution in [0, 0.1) is 0 Å². The van der Waals surface area contributed by atoms with Gasteiger partial charge < -0.3 is 14.5 Å². The van der Waals surface area contributed by atoms with Crippen molar-refractivity contribution in [3.8, 4) is 5.75 Å². The molecule has 3 heteroatoms. The topological polar surface area (TPSA) is 34.2 Å². The fourth-order valence-corrected chi connectivity index (χ4v) is 2.51. The maximum Gasteiger partial charge on any atom is 0.120 e. The van der Waals surface area contributed by atoms with Crippen molar-refractivity contribution in [1.29, 1.82) is 0 Å². The third-order valence-corrected chi connectivity index (χ3v) is 3.51. The van der Waals surface area contributed by atoms with Gasteiger partial charge in [-0.05, 0) is 51.0 Å². The molecular formula is C15H19NO2. The Morgan fingerprint density at radius 2 is 2.28 bits per heavy atom. The van der Waals surface area contributed by atoms with Crippen molar-refractivity contribution in [3.63, 3.8) is 0 Å². The maximum atomic E-state index is 5.91. The number of hydrogen-bond donors (Lipinski definition) is 1. The van der Waals surface area contributed by atoms with Crippen LogP contribution in [0.25, 0.3) is 10.9 Å². The van der Waals surface area contributed by atoms with Crippen LogP contribution in [0.4, 0.5) is 0 Å². The first kappa shape index (κ1) is 11.6. The minimum Gasteiger partial charge on any atom is -0.491 e. The molecule has 3 nitrogen and oxygen atoms in total. The smallest absolute Gasteiger partial charge is 0.120 e.